The predicted molar refractivity (Wildman–Crippen MR) is 54.4 cm³/mol. The molecule has 2 aromatic heterocycles. The molecule has 0 saturated carbocycles. The second-order valence-corrected chi connectivity index (χ2v) is 2.99. The molecule has 0 amide bonds. The first-order valence-corrected chi connectivity index (χ1v) is 4.27. The van der Waals surface area contributed by atoms with Crippen molar-refractivity contribution < 1.29 is 0 Å². The molecule has 0 unspecified atom stereocenters. The standard InChI is InChI=1S/C10H10N4/c1-7-6-8(2-4-12-7)9-3-5-13-10(11)14-9/h2-6H,1H3,(H2,11,13,14). The number of nitrogen functional groups attached to an aromatic ring is 1. The summed E-state index contributed by atoms with van der Waals surface area (Å²) >= 11 is 0. The largest absolute Gasteiger partial charge is 0.368 e. The SMILES string of the molecule is Cc1cc(-c2ccnc(N)n2)ccn1. The van der Waals surface area contributed by atoms with Gasteiger partial charge in [0.1, 0.15) is 0 Å². The van der Waals surface area contributed by atoms with E-state index in [2.05, 4.69) is 15.0 Å². The van der Waals surface area contributed by atoms with Crippen LogP contribution in [0, 0.1) is 6.92 Å². The molecular weight excluding hydrogens is 176 g/mol. The number of rotatable bonds is 1. The maximum absolute atomic E-state index is 5.50. The van der Waals surface area contributed by atoms with E-state index in [1.54, 1.807) is 12.4 Å². The molecule has 4 heteroatoms. The minimum atomic E-state index is 0.289. The van der Waals surface area contributed by atoms with Crippen molar-refractivity contribution in [2.75, 3.05) is 5.73 Å². The zero-order valence-corrected chi connectivity index (χ0v) is 7.81. The van der Waals surface area contributed by atoms with Crippen LogP contribution in [0.3, 0.4) is 0 Å². The fourth-order valence-corrected chi connectivity index (χ4v) is 1.24. The van der Waals surface area contributed by atoms with Crippen LogP contribution < -0.4 is 5.73 Å². The van der Waals surface area contributed by atoms with Crippen LogP contribution in [0.4, 0.5) is 5.95 Å². The lowest BCUT2D eigenvalue weighted by molar-refractivity contribution is 1.17. The Bertz CT molecular complexity index is 410. The average Bonchev–Trinajstić information content (AvgIpc) is 2.18. The Kier molecular flexibility index (Phi) is 2.10. The first-order valence-electron chi connectivity index (χ1n) is 4.27. The van der Waals surface area contributed by atoms with E-state index in [9.17, 15) is 0 Å². The van der Waals surface area contributed by atoms with E-state index in [1.165, 1.54) is 0 Å². The van der Waals surface area contributed by atoms with Crippen LogP contribution in [-0.4, -0.2) is 15.0 Å². The summed E-state index contributed by atoms with van der Waals surface area (Å²) in [5, 5.41) is 0. The maximum atomic E-state index is 5.50. The van der Waals surface area contributed by atoms with Gasteiger partial charge in [-0.25, -0.2) is 9.97 Å². The number of aryl methyl sites for hydroxylation is 1. The number of hydrogen-bond acceptors (Lipinski definition) is 4. The second kappa shape index (κ2) is 3.41. The molecule has 2 heterocycles. The van der Waals surface area contributed by atoms with Gasteiger partial charge in [0.2, 0.25) is 5.95 Å². The molecule has 0 aromatic carbocycles. The fraction of sp³-hybridized carbons (Fsp3) is 0.100. The summed E-state index contributed by atoms with van der Waals surface area (Å²) in [6.45, 7) is 1.94. The number of anilines is 1. The van der Waals surface area contributed by atoms with Gasteiger partial charge in [-0.3, -0.25) is 4.98 Å². The molecule has 0 fully saturated rings. The van der Waals surface area contributed by atoms with Gasteiger partial charge in [0.15, 0.2) is 0 Å². The van der Waals surface area contributed by atoms with Crippen LogP contribution >= 0.6 is 0 Å². The summed E-state index contributed by atoms with van der Waals surface area (Å²) in [5.74, 6) is 0.289. The molecule has 2 N–H and O–H groups in total. The lowest BCUT2D eigenvalue weighted by Gasteiger charge is -2.01. The third kappa shape index (κ3) is 1.69. The summed E-state index contributed by atoms with van der Waals surface area (Å²) in [6.07, 6.45) is 3.40. The molecule has 0 bridgehead atoms. The smallest absolute Gasteiger partial charge is 0.220 e. The Morgan fingerprint density at radius 2 is 1.93 bits per heavy atom. The second-order valence-electron chi connectivity index (χ2n) is 2.99. The summed E-state index contributed by atoms with van der Waals surface area (Å²) in [6, 6.07) is 5.68. The lowest BCUT2D eigenvalue weighted by Crippen LogP contribution is -1.95. The first-order chi connectivity index (χ1) is 6.75. The van der Waals surface area contributed by atoms with Gasteiger partial charge in [0, 0.05) is 23.7 Å². The van der Waals surface area contributed by atoms with Crippen LogP contribution in [-0.2, 0) is 0 Å². The number of pyridine rings is 1. The van der Waals surface area contributed by atoms with E-state index in [0.29, 0.717) is 0 Å². The normalized spacial score (nSPS) is 10.1. The topological polar surface area (TPSA) is 64.7 Å². The van der Waals surface area contributed by atoms with Crippen LogP contribution in [0.2, 0.25) is 0 Å². The monoisotopic (exact) mass is 186 g/mol. The molecule has 0 saturated heterocycles. The Morgan fingerprint density at radius 1 is 1.14 bits per heavy atom. The molecule has 0 aliphatic carbocycles. The van der Waals surface area contributed by atoms with E-state index < -0.39 is 0 Å². The number of nitrogens with zero attached hydrogens (tertiary/aromatic N) is 3. The van der Waals surface area contributed by atoms with Gasteiger partial charge < -0.3 is 5.73 Å². The molecule has 14 heavy (non-hydrogen) atoms. The molecule has 0 radical (unpaired) electrons. The van der Waals surface area contributed by atoms with Gasteiger partial charge in [0.05, 0.1) is 5.69 Å². The van der Waals surface area contributed by atoms with Crippen LogP contribution in [0.5, 0.6) is 0 Å². The van der Waals surface area contributed by atoms with E-state index in [-0.39, 0.29) is 5.95 Å². The van der Waals surface area contributed by atoms with E-state index in [4.69, 9.17) is 5.73 Å². The summed E-state index contributed by atoms with van der Waals surface area (Å²) < 4.78 is 0. The van der Waals surface area contributed by atoms with E-state index in [0.717, 1.165) is 17.0 Å². The molecular formula is C10H10N4. The van der Waals surface area contributed by atoms with Gasteiger partial charge in [0.25, 0.3) is 0 Å². The molecule has 0 aliphatic heterocycles. The zero-order chi connectivity index (χ0) is 9.97. The summed E-state index contributed by atoms with van der Waals surface area (Å²) in [4.78, 5) is 12.1. The van der Waals surface area contributed by atoms with Crippen molar-refractivity contribution in [1.29, 1.82) is 0 Å². The lowest BCUT2D eigenvalue weighted by atomic mass is 10.2. The molecule has 0 atom stereocenters. The Hall–Kier alpha value is -1.97. The van der Waals surface area contributed by atoms with Crippen molar-refractivity contribution in [3.8, 4) is 11.3 Å². The van der Waals surface area contributed by atoms with Crippen molar-refractivity contribution in [2.24, 2.45) is 0 Å². The fourth-order valence-electron chi connectivity index (χ4n) is 1.24. The average molecular weight is 186 g/mol. The van der Waals surface area contributed by atoms with Gasteiger partial charge in [-0.2, -0.15) is 0 Å². The zero-order valence-electron chi connectivity index (χ0n) is 7.81. The van der Waals surface area contributed by atoms with Crippen molar-refractivity contribution in [2.45, 2.75) is 6.92 Å². The van der Waals surface area contributed by atoms with Gasteiger partial charge in [-0.15, -0.1) is 0 Å². The van der Waals surface area contributed by atoms with E-state index in [1.807, 2.05) is 25.1 Å². The molecule has 4 nitrogen and oxygen atoms in total. The third-order valence-electron chi connectivity index (χ3n) is 1.87. The highest BCUT2D eigenvalue weighted by atomic mass is 15.0. The highest BCUT2D eigenvalue weighted by Gasteiger charge is 1.99. The van der Waals surface area contributed by atoms with Crippen LogP contribution in [0.1, 0.15) is 5.69 Å². The number of nitrogens with two attached hydrogens (primary N) is 1. The van der Waals surface area contributed by atoms with Crippen LogP contribution in [0.15, 0.2) is 30.6 Å². The molecule has 2 rings (SSSR count). The molecule has 70 valence electrons. The molecule has 0 aliphatic rings. The van der Waals surface area contributed by atoms with Crippen molar-refractivity contribution in [3.05, 3.63) is 36.3 Å². The highest BCUT2D eigenvalue weighted by Crippen LogP contribution is 2.16. The first kappa shape index (κ1) is 8.62. The number of aromatic nitrogens is 3. The molecule has 2 aromatic rings. The summed E-state index contributed by atoms with van der Waals surface area (Å²) in [7, 11) is 0. The van der Waals surface area contributed by atoms with Crippen molar-refractivity contribution >= 4 is 5.95 Å². The van der Waals surface area contributed by atoms with Crippen LogP contribution in [0.25, 0.3) is 11.3 Å². The van der Waals surface area contributed by atoms with Crippen molar-refractivity contribution in [3.63, 3.8) is 0 Å². The maximum Gasteiger partial charge on any atom is 0.220 e. The molecule has 0 spiro atoms. The Morgan fingerprint density at radius 3 is 2.64 bits per heavy atom. The van der Waals surface area contributed by atoms with Gasteiger partial charge >= 0.3 is 0 Å². The third-order valence-corrected chi connectivity index (χ3v) is 1.87. The van der Waals surface area contributed by atoms with E-state index >= 15 is 0 Å². The predicted octanol–water partition coefficient (Wildman–Crippen LogP) is 1.43. The summed E-state index contributed by atoms with van der Waals surface area (Å²) in [5.41, 5.74) is 8.28. The van der Waals surface area contributed by atoms with Gasteiger partial charge in [-0.1, -0.05) is 0 Å². The van der Waals surface area contributed by atoms with Crippen molar-refractivity contribution in [1.82, 2.24) is 15.0 Å². The Balaban J connectivity index is 2.49. The minimum absolute atomic E-state index is 0.289. The number of hydrogen-bond donors (Lipinski definition) is 1. The quantitative estimate of drug-likeness (QED) is 0.731. The Labute approximate surface area is 81.9 Å². The minimum Gasteiger partial charge on any atom is -0.368 e. The van der Waals surface area contributed by atoms with Gasteiger partial charge in [-0.05, 0) is 25.1 Å². The highest BCUT2D eigenvalue weighted by molar-refractivity contribution is 5.59.